The Hall–Kier alpha value is -0.200. The van der Waals surface area contributed by atoms with Crippen molar-refractivity contribution in [2.75, 3.05) is 46.4 Å². The molecule has 2 aliphatic heterocycles. The van der Waals surface area contributed by atoms with Gasteiger partial charge in [-0.1, -0.05) is 6.92 Å². The molecule has 1 N–H and O–H groups in total. The second-order valence-electron chi connectivity index (χ2n) is 6.79. The van der Waals surface area contributed by atoms with E-state index in [-0.39, 0.29) is 5.79 Å². The molecule has 0 bridgehead atoms. The molecule has 1 aliphatic carbocycles. The Kier molecular flexibility index (Phi) is 4.86. The second kappa shape index (κ2) is 6.50. The summed E-state index contributed by atoms with van der Waals surface area (Å²) in [7, 11) is 2.09. The van der Waals surface area contributed by atoms with Crippen molar-refractivity contribution >= 4 is 0 Å². The van der Waals surface area contributed by atoms with E-state index in [1.165, 1.54) is 6.54 Å². The van der Waals surface area contributed by atoms with Crippen molar-refractivity contribution < 1.29 is 9.47 Å². The maximum Gasteiger partial charge on any atom is 0.170 e. The van der Waals surface area contributed by atoms with Gasteiger partial charge in [0, 0.05) is 50.6 Å². The van der Waals surface area contributed by atoms with Crippen molar-refractivity contribution in [3.05, 3.63) is 0 Å². The van der Waals surface area contributed by atoms with Gasteiger partial charge in [-0.2, -0.15) is 0 Å². The van der Waals surface area contributed by atoms with Gasteiger partial charge in [0.05, 0.1) is 13.2 Å². The smallest absolute Gasteiger partial charge is 0.170 e. The van der Waals surface area contributed by atoms with Gasteiger partial charge in [0.2, 0.25) is 0 Å². The van der Waals surface area contributed by atoms with E-state index in [1.807, 2.05) is 0 Å². The molecule has 3 rings (SSSR count). The third kappa shape index (κ3) is 3.13. The first kappa shape index (κ1) is 15.7. The number of hydrogen-bond donors (Lipinski definition) is 1. The Balaban J connectivity index is 1.68. The number of nitrogens with one attached hydrogen (secondary N) is 1. The third-order valence-electron chi connectivity index (χ3n) is 5.68. The summed E-state index contributed by atoms with van der Waals surface area (Å²) < 4.78 is 12.0. The second-order valence-corrected chi connectivity index (χ2v) is 6.79. The third-order valence-corrected chi connectivity index (χ3v) is 5.68. The fourth-order valence-corrected chi connectivity index (χ4v) is 4.40. The van der Waals surface area contributed by atoms with Crippen molar-refractivity contribution in [3.8, 4) is 0 Å². The normalized spacial score (nSPS) is 38.1. The van der Waals surface area contributed by atoms with Crippen molar-refractivity contribution in [2.24, 2.45) is 0 Å². The summed E-state index contributed by atoms with van der Waals surface area (Å²) >= 11 is 0. The van der Waals surface area contributed by atoms with Crippen molar-refractivity contribution in [1.82, 2.24) is 15.1 Å². The number of rotatable bonds is 3. The van der Waals surface area contributed by atoms with Crippen LogP contribution in [0, 0.1) is 0 Å². The largest absolute Gasteiger partial charge is 0.347 e. The quantitative estimate of drug-likeness (QED) is 0.837. The van der Waals surface area contributed by atoms with Crippen molar-refractivity contribution in [1.29, 1.82) is 0 Å². The van der Waals surface area contributed by atoms with Crippen LogP contribution < -0.4 is 5.32 Å². The molecule has 21 heavy (non-hydrogen) atoms. The number of hydrogen-bond acceptors (Lipinski definition) is 5. The van der Waals surface area contributed by atoms with Crippen LogP contribution in [-0.2, 0) is 9.47 Å². The van der Waals surface area contributed by atoms with Crippen LogP contribution in [0.5, 0.6) is 0 Å². The summed E-state index contributed by atoms with van der Waals surface area (Å²) in [5.41, 5.74) is 0. The summed E-state index contributed by atoms with van der Waals surface area (Å²) in [5.74, 6) is -0.289. The van der Waals surface area contributed by atoms with Crippen molar-refractivity contribution in [3.63, 3.8) is 0 Å². The van der Waals surface area contributed by atoms with E-state index >= 15 is 0 Å². The summed E-state index contributed by atoms with van der Waals surface area (Å²) in [6.45, 7) is 10.8. The average Bonchev–Trinajstić information content (AvgIpc) is 2.95. The van der Waals surface area contributed by atoms with Gasteiger partial charge in [-0.05, 0) is 26.9 Å². The van der Waals surface area contributed by atoms with Gasteiger partial charge in [-0.15, -0.1) is 0 Å². The van der Waals surface area contributed by atoms with Crippen LogP contribution in [0.2, 0.25) is 0 Å². The Morgan fingerprint density at radius 1 is 1.24 bits per heavy atom. The molecule has 1 saturated carbocycles. The van der Waals surface area contributed by atoms with Gasteiger partial charge >= 0.3 is 0 Å². The first-order valence-electron chi connectivity index (χ1n) is 8.61. The van der Waals surface area contributed by atoms with Crippen LogP contribution >= 0.6 is 0 Å². The summed E-state index contributed by atoms with van der Waals surface area (Å²) in [4.78, 5) is 5.25. The van der Waals surface area contributed by atoms with E-state index in [4.69, 9.17) is 9.47 Å². The molecule has 0 amide bonds. The van der Waals surface area contributed by atoms with E-state index in [0.29, 0.717) is 18.1 Å². The highest BCUT2D eigenvalue weighted by molar-refractivity contribution is 4.98. The maximum atomic E-state index is 5.98. The molecule has 2 saturated heterocycles. The summed E-state index contributed by atoms with van der Waals surface area (Å²) in [5, 5.41) is 3.53. The van der Waals surface area contributed by atoms with Gasteiger partial charge in [0.25, 0.3) is 0 Å². The minimum absolute atomic E-state index is 0.289. The lowest BCUT2D eigenvalue weighted by Gasteiger charge is -2.49. The fraction of sp³-hybridized carbons (Fsp3) is 1.00. The molecule has 122 valence electrons. The molecule has 0 aromatic heterocycles. The van der Waals surface area contributed by atoms with Crippen LogP contribution in [0.3, 0.4) is 0 Å². The van der Waals surface area contributed by atoms with Gasteiger partial charge in [-0.3, -0.25) is 9.80 Å². The van der Waals surface area contributed by atoms with Gasteiger partial charge in [-0.25, -0.2) is 0 Å². The molecule has 3 aliphatic rings. The molecule has 5 nitrogen and oxygen atoms in total. The molecule has 0 aromatic rings. The molecular weight excluding hydrogens is 266 g/mol. The molecule has 1 spiro atoms. The predicted octanol–water partition coefficient (Wildman–Crippen LogP) is 0.896. The van der Waals surface area contributed by atoms with Crippen molar-refractivity contribution in [2.45, 2.75) is 57.0 Å². The van der Waals surface area contributed by atoms with Crippen LogP contribution in [0.25, 0.3) is 0 Å². The molecule has 0 aromatic carbocycles. The number of nitrogens with zero attached hydrogens (tertiary/aromatic N) is 2. The highest BCUT2D eigenvalue weighted by atomic mass is 16.7. The SMILES string of the molecule is CCN1CCN(C2CC3(CCC2NC)OCCO3)CC1C. The lowest BCUT2D eigenvalue weighted by molar-refractivity contribution is -0.195. The standard InChI is InChI=1S/C16H31N3O2/c1-4-18-7-8-19(12-13(18)2)15-11-16(20-9-10-21-16)6-5-14(15)17-3/h13-15,17H,4-12H2,1-3H3. The monoisotopic (exact) mass is 297 g/mol. The Morgan fingerprint density at radius 3 is 2.62 bits per heavy atom. The van der Waals surface area contributed by atoms with Gasteiger partial charge in [0.1, 0.15) is 0 Å². The Morgan fingerprint density at radius 2 is 2.00 bits per heavy atom. The zero-order valence-electron chi connectivity index (χ0n) is 13.8. The van der Waals surface area contributed by atoms with E-state index in [9.17, 15) is 0 Å². The highest BCUT2D eigenvalue weighted by Gasteiger charge is 2.47. The Labute approximate surface area is 128 Å². The number of ether oxygens (including phenoxy) is 2. The topological polar surface area (TPSA) is 37.0 Å². The van der Waals surface area contributed by atoms with Crippen LogP contribution in [0.15, 0.2) is 0 Å². The Bertz CT molecular complexity index is 346. The first-order valence-corrected chi connectivity index (χ1v) is 8.61. The summed E-state index contributed by atoms with van der Waals surface area (Å²) in [6, 6.07) is 1.73. The fourth-order valence-electron chi connectivity index (χ4n) is 4.40. The molecule has 0 radical (unpaired) electrons. The van der Waals surface area contributed by atoms with E-state index in [0.717, 1.165) is 52.1 Å². The summed E-state index contributed by atoms with van der Waals surface area (Å²) in [6.07, 6.45) is 3.18. The first-order chi connectivity index (χ1) is 10.2. The van der Waals surface area contributed by atoms with Gasteiger partial charge < -0.3 is 14.8 Å². The molecule has 3 unspecified atom stereocenters. The number of likely N-dealkylation sites (N-methyl/N-ethyl adjacent to an activating group) is 2. The average molecular weight is 297 g/mol. The molecule has 2 heterocycles. The van der Waals surface area contributed by atoms with Crippen LogP contribution in [0.1, 0.15) is 33.1 Å². The minimum atomic E-state index is -0.289. The zero-order valence-corrected chi connectivity index (χ0v) is 13.8. The van der Waals surface area contributed by atoms with Crippen LogP contribution in [0.4, 0.5) is 0 Å². The van der Waals surface area contributed by atoms with Crippen LogP contribution in [-0.4, -0.2) is 80.2 Å². The molecule has 3 fully saturated rings. The minimum Gasteiger partial charge on any atom is -0.347 e. The zero-order chi connectivity index (χ0) is 14.9. The van der Waals surface area contributed by atoms with E-state index in [1.54, 1.807) is 0 Å². The molecular formula is C16H31N3O2. The molecule has 3 atom stereocenters. The predicted molar refractivity (Wildman–Crippen MR) is 83.4 cm³/mol. The lowest BCUT2D eigenvalue weighted by atomic mass is 9.84. The lowest BCUT2D eigenvalue weighted by Crippen LogP contribution is -2.62. The highest BCUT2D eigenvalue weighted by Crippen LogP contribution is 2.38. The maximum absolute atomic E-state index is 5.98. The number of piperazine rings is 1. The van der Waals surface area contributed by atoms with E-state index < -0.39 is 0 Å². The molecule has 5 heteroatoms. The van der Waals surface area contributed by atoms with E-state index in [2.05, 4.69) is 36.0 Å². The van der Waals surface area contributed by atoms with Gasteiger partial charge in [0.15, 0.2) is 5.79 Å².